The summed E-state index contributed by atoms with van der Waals surface area (Å²) in [5, 5.41) is 0. The van der Waals surface area contributed by atoms with Crippen LogP contribution in [0.15, 0.2) is 12.2 Å². The Morgan fingerprint density at radius 3 is 2.32 bits per heavy atom. The maximum atomic E-state index is 10.9. The zero-order valence-corrected chi connectivity index (χ0v) is 12.6. The summed E-state index contributed by atoms with van der Waals surface area (Å²) < 4.78 is 11.2. The molecule has 1 rings (SSSR count). The number of hydrogen-bond acceptors (Lipinski definition) is 3. The van der Waals surface area contributed by atoms with Gasteiger partial charge in [-0.2, -0.15) is 0 Å². The van der Waals surface area contributed by atoms with Gasteiger partial charge in [0, 0.05) is 0 Å². The van der Waals surface area contributed by atoms with Crippen LogP contribution < -0.4 is 0 Å². The van der Waals surface area contributed by atoms with Crippen LogP contribution in [-0.4, -0.2) is 24.3 Å². The Morgan fingerprint density at radius 1 is 1.00 bits per heavy atom. The van der Waals surface area contributed by atoms with Crippen molar-refractivity contribution < 1.29 is 14.3 Å². The number of aldehydes is 1. The van der Waals surface area contributed by atoms with Crippen molar-refractivity contribution >= 4 is 6.29 Å². The fourth-order valence-corrected chi connectivity index (χ4v) is 2.34. The molecular formula is C16H28O3. The lowest BCUT2D eigenvalue weighted by Gasteiger charge is -2.15. The number of rotatable bonds is 9. The third kappa shape index (κ3) is 6.35. The summed E-state index contributed by atoms with van der Waals surface area (Å²) in [5.41, 5.74) is 0. The summed E-state index contributed by atoms with van der Waals surface area (Å²) in [6, 6.07) is 0. The van der Waals surface area contributed by atoms with Crippen LogP contribution >= 0.6 is 0 Å². The van der Waals surface area contributed by atoms with Gasteiger partial charge in [-0.25, -0.2) is 0 Å². The van der Waals surface area contributed by atoms with Crippen molar-refractivity contribution in [3.05, 3.63) is 12.2 Å². The van der Waals surface area contributed by atoms with E-state index in [1.54, 1.807) is 0 Å². The van der Waals surface area contributed by atoms with E-state index in [1.807, 2.05) is 19.9 Å². The maximum Gasteiger partial charge on any atom is 0.164 e. The monoisotopic (exact) mass is 268 g/mol. The highest BCUT2D eigenvalue weighted by atomic mass is 16.8. The van der Waals surface area contributed by atoms with Crippen LogP contribution in [0.3, 0.4) is 0 Å². The fourth-order valence-electron chi connectivity index (χ4n) is 2.34. The first-order valence-corrected chi connectivity index (χ1v) is 7.56. The van der Waals surface area contributed by atoms with Crippen LogP contribution in [0.4, 0.5) is 0 Å². The lowest BCUT2D eigenvalue weighted by Crippen LogP contribution is -2.22. The topological polar surface area (TPSA) is 35.5 Å². The standard InChI is InChI=1S/C16H28O3/c1-4-5-6-7-8-9-10-11-12-14-15(13-17)19-16(2,3)18-14/h11-15H,4-10H2,1-3H3/b12-11+/t14-,15+/m0/s1. The lowest BCUT2D eigenvalue weighted by atomic mass is 10.1. The van der Waals surface area contributed by atoms with Gasteiger partial charge >= 0.3 is 0 Å². The molecule has 0 unspecified atom stereocenters. The number of allylic oxidation sites excluding steroid dienone is 1. The summed E-state index contributed by atoms with van der Waals surface area (Å²) in [4.78, 5) is 10.9. The van der Waals surface area contributed by atoms with Gasteiger partial charge in [0.05, 0.1) is 0 Å². The summed E-state index contributed by atoms with van der Waals surface area (Å²) in [5.74, 6) is -0.652. The van der Waals surface area contributed by atoms with E-state index in [4.69, 9.17) is 9.47 Å². The van der Waals surface area contributed by atoms with E-state index in [9.17, 15) is 4.79 Å². The Hall–Kier alpha value is -0.670. The summed E-state index contributed by atoms with van der Waals surface area (Å²) >= 11 is 0. The minimum Gasteiger partial charge on any atom is -0.340 e. The number of unbranched alkanes of at least 4 members (excludes halogenated alkanes) is 6. The van der Waals surface area contributed by atoms with E-state index < -0.39 is 11.9 Å². The number of hydrogen-bond donors (Lipinski definition) is 0. The van der Waals surface area contributed by atoms with Crippen LogP contribution in [-0.2, 0) is 14.3 Å². The second kappa shape index (κ2) is 8.49. The van der Waals surface area contributed by atoms with Crippen LogP contribution in [0, 0.1) is 0 Å². The van der Waals surface area contributed by atoms with Crippen molar-refractivity contribution in [3.63, 3.8) is 0 Å². The quantitative estimate of drug-likeness (QED) is 0.360. The summed E-state index contributed by atoms with van der Waals surface area (Å²) in [7, 11) is 0. The minimum atomic E-state index is -0.652. The Morgan fingerprint density at radius 2 is 1.63 bits per heavy atom. The van der Waals surface area contributed by atoms with E-state index >= 15 is 0 Å². The Balaban J connectivity index is 2.16. The number of ether oxygens (including phenoxy) is 2. The average molecular weight is 268 g/mol. The molecule has 0 N–H and O–H groups in total. The molecule has 0 aromatic rings. The third-order valence-electron chi connectivity index (χ3n) is 3.35. The molecule has 0 saturated carbocycles. The largest absolute Gasteiger partial charge is 0.340 e. The van der Waals surface area contributed by atoms with E-state index in [0.717, 1.165) is 12.7 Å². The van der Waals surface area contributed by atoms with E-state index in [2.05, 4.69) is 13.0 Å². The molecule has 3 heteroatoms. The highest BCUT2D eigenvalue weighted by Gasteiger charge is 2.39. The van der Waals surface area contributed by atoms with Crippen molar-refractivity contribution in [1.82, 2.24) is 0 Å². The highest BCUT2D eigenvalue weighted by molar-refractivity contribution is 5.58. The van der Waals surface area contributed by atoms with Gasteiger partial charge < -0.3 is 14.3 Å². The Labute approximate surface area is 117 Å². The molecule has 0 amide bonds. The molecule has 110 valence electrons. The SMILES string of the molecule is CCCCCCCC/C=C/[C@@H]1OC(C)(C)O[C@@H]1C=O. The second-order valence-corrected chi connectivity index (χ2v) is 5.69. The molecule has 3 nitrogen and oxygen atoms in total. The Kier molecular flexibility index (Phi) is 7.32. The van der Waals surface area contributed by atoms with Gasteiger partial charge in [-0.15, -0.1) is 0 Å². The first kappa shape index (κ1) is 16.4. The van der Waals surface area contributed by atoms with Crippen LogP contribution in [0.2, 0.25) is 0 Å². The van der Waals surface area contributed by atoms with Crippen molar-refractivity contribution in [2.24, 2.45) is 0 Å². The predicted molar refractivity (Wildman–Crippen MR) is 77.0 cm³/mol. The second-order valence-electron chi connectivity index (χ2n) is 5.69. The van der Waals surface area contributed by atoms with Crippen LogP contribution in [0.1, 0.15) is 65.7 Å². The van der Waals surface area contributed by atoms with Gasteiger partial charge in [-0.3, -0.25) is 0 Å². The molecule has 19 heavy (non-hydrogen) atoms. The zero-order chi connectivity index (χ0) is 14.1. The molecule has 1 aliphatic heterocycles. The average Bonchev–Trinajstić information content (AvgIpc) is 2.67. The predicted octanol–water partition coefficient (Wildman–Crippen LogP) is 4.01. The fraction of sp³-hybridized carbons (Fsp3) is 0.812. The van der Waals surface area contributed by atoms with Crippen LogP contribution in [0.25, 0.3) is 0 Å². The summed E-state index contributed by atoms with van der Waals surface area (Å²) in [6.07, 6.45) is 13.1. The zero-order valence-electron chi connectivity index (χ0n) is 12.6. The Bertz CT molecular complexity index is 284. The van der Waals surface area contributed by atoms with Gasteiger partial charge in [0.2, 0.25) is 0 Å². The molecule has 0 radical (unpaired) electrons. The van der Waals surface area contributed by atoms with Crippen molar-refractivity contribution in [1.29, 1.82) is 0 Å². The molecule has 0 bridgehead atoms. The first-order valence-electron chi connectivity index (χ1n) is 7.56. The van der Waals surface area contributed by atoms with Crippen molar-refractivity contribution in [2.75, 3.05) is 0 Å². The van der Waals surface area contributed by atoms with E-state index in [-0.39, 0.29) is 6.10 Å². The molecular weight excluding hydrogens is 240 g/mol. The lowest BCUT2D eigenvalue weighted by molar-refractivity contribution is -0.148. The van der Waals surface area contributed by atoms with Gasteiger partial charge in [0.1, 0.15) is 12.2 Å². The maximum absolute atomic E-state index is 10.9. The van der Waals surface area contributed by atoms with Crippen molar-refractivity contribution in [3.8, 4) is 0 Å². The normalized spacial score (nSPS) is 26.1. The molecule has 0 aliphatic carbocycles. The van der Waals surface area contributed by atoms with Crippen molar-refractivity contribution in [2.45, 2.75) is 83.7 Å². The van der Waals surface area contributed by atoms with Gasteiger partial charge in [-0.1, -0.05) is 51.2 Å². The van der Waals surface area contributed by atoms with Gasteiger partial charge in [-0.05, 0) is 26.7 Å². The molecule has 2 atom stereocenters. The molecule has 0 aromatic heterocycles. The first-order chi connectivity index (χ1) is 9.09. The minimum absolute atomic E-state index is 0.229. The molecule has 0 spiro atoms. The molecule has 0 aromatic carbocycles. The van der Waals surface area contributed by atoms with E-state index in [0.29, 0.717) is 0 Å². The molecule has 1 saturated heterocycles. The van der Waals surface area contributed by atoms with Gasteiger partial charge in [0.15, 0.2) is 12.1 Å². The smallest absolute Gasteiger partial charge is 0.164 e. The highest BCUT2D eigenvalue weighted by Crippen LogP contribution is 2.27. The third-order valence-corrected chi connectivity index (χ3v) is 3.35. The van der Waals surface area contributed by atoms with E-state index in [1.165, 1.54) is 38.5 Å². The number of carbonyl (C=O) groups is 1. The molecule has 1 heterocycles. The molecule has 1 fully saturated rings. The van der Waals surface area contributed by atoms with Gasteiger partial charge in [0.25, 0.3) is 0 Å². The van der Waals surface area contributed by atoms with Crippen LogP contribution in [0.5, 0.6) is 0 Å². The molecule has 1 aliphatic rings. The number of carbonyl (C=O) groups excluding carboxylic acids is 1. The summed E-state index contributed by atoms with van der Waals surface area (Å²) in [6.45, 7) is 5.91.